The minimum atomic E-state index is 0.0286. The molecule has 80 valence electrons. The van der Waals surface area contributed by atoms with Gasteiger partial charge in [-0.3, -0.25) is 0 Å². The van der Waals surface area contributed by atoms with E-state index in [9.17, 15) is 0 Å². The third kappa shape index (κ3) is 1.58. The maximum absolute atomic E-state index is 5.98. The minimum Gasteiger partial charge on any atom is -0.378 e. The molecule has 0 bridgehead atoms. The molecule has 3 heteroatoms. The largest absolute Gasteiger partial charge is 0.378 e. The van der Waals surface area contributed by atoms with Gasteiger partial charge in [0.1, 0.15) is 5.60 Å². The lowest BCUT2D eigenvalue weighted by Crippen LogP contribution is -2.58. The summed E-state index contributed by atoms with van der Waals surface area (Å²) >= 11 is 0. The highest BCUT2D eigenvalue weighted by atomic mass is 16.6. The SMILES string of the molecule is C1COC2(CCOC2)C(CC2CC2)N1. The van der Waals surface area contributed by atoms with Crippen LogP contribution < -0.4 is 5.32 Å². The van der Waals surface area contributed by atoms with Crippen molar-refractivity contribution in [2.75, 3.05) is 26.4 Å². The van der Waals surface area contributed by atoms with Crippen molar-refractivity contribution >= 4 is 0 Å². The summed E-state index contributed by atoms with van der Waals surface area (Å²) in [4.78, 5) is 0. The van der Waals surface area contributed by atoms with Gasteiger partial charge < -0.3 is 14.8 Å². The summed E-state index contributed by atoms with van der Waals surface area (Å²) in [5.74, 6) is 0.965. The summed E-state index contributed by atoms with van der Waals surface area (Å²) in [6.45, 7) is 3.55. The maximum Gasteiger partial charge on any atom is 0.109 e. The lowest BCUT2D eigenvalue weighted by Gasteiger charge is -2.41. The van der Waals surface area contributed by atoms with E-state index in [1.165, 1.54) is 19.3 Å². The number of nitrogens with one attached hydrogen (secondary N) is 1. The van der Waals surface area contributed by atoms with Gasteiger partial charge in [0.25, 0.3) is 0 Å². The minimum absolute atomic E-state index is 0.0286. The quantitative estimate of drug-likeness (QED) is 0.714. The lowest BCUT2D eigenvalue weighted by atomic mass is 9.88. The van der Waals surface area contributed by atoms with E-state index in [-0.39, 0.29) is 5.60 Å². The average Bonchev–Trinajstić information content (AvgIpc) is 2.90. The van der Waals surface area contributed by atoms with Crippen LogP contribution in [0, 0.1) is 5.92 Å². The van der Waals surface area contributed by atoms with Gasteiger partial charge in [0.2, 0.25) is 0 Å². The monoisotopic (exact) mass is 197 g/mol. The first-order valence-corrected chi connectivity index (χ1v) is 5.84. The Bertz CT molecular complexity index is 209. The molecule has 3 fully saturated rings. The topological polar surface area (TPSA) is 30.5 Å². The summed E-state index contributed by atoms with van der Waals surface area (Å²) in [5.41, 5.74) is 0.0286. The fourth-order valence-corrected chi connectivity index (χ4v) is 2.71. The van der Waals surface area contributed by atoms with Gasteiger partial charge in [-0.15, -0.1) is 0 Å². The summed E-state index contributed by atoms with van der Waals surface area (Å²) in [5, 5.41) is 3.62. The molecule has 1 N–H and O–H groups in total. The molecule has 1 saturated carbocycles. The Morgan fingerprint density at radius 1 is 1.29 bits per heavy atom. The fourth-order valence-electron chi connectivity index (χ4n) is 2.71. The molecule has 0 aromatic heterocycles. The zero-order valence-corrected chi connectivity index (χ0v) is 8.63. The number of ether oxygens (including phenoxy) is 2. The Labute approximate surface area is 85.1 Å². The molecule has 1 aliphatic carbocycles. The normalized spacial score (nSPS) is 43.3. The van der Waals surface area contributed by atoms with Crippen molar-refractivity contribution in [3.63, 3.8) is 0 Å². The van der Waals surface area contributed by atoms with Gasteiger partial charge >= 0.3 is 0 Å². The van der Waals surface area contributed by atoms with Crippen molar-refractivity contribution in [3.8, 4) is 0 Å². The molecule has 3 nitrogen and oxygen atoms in total. The van der Waals surface area contributed by atoms with Crippen LogP contribution in [0.1, 0.15) is 25.7 Å². The van der Waals surface area contributed by atoms with E-state index in [0.717, 1.165) is 38.7 Å². The van der Waals surface area contributed by atoms with E-state index in [4.69, 9.17) is 9.47 Å². The highest BCUT2D eigenvalue weighted by molar-refractivity contribution is 5.00. The Balaban J connectivity index is 1.70. The maximum atomic E-state index is 5.98. The molecule has 0 aromatic carbocycles. The molecule has 2 unspecified atom stereocenters. The number of hydrogen-bond donors (Lipinski definition) is 1. The predicted molar refractivity (Wildman–Crippen MR) is 53.3 cm³/mol. The Hall–Kier alpha value is -0.120. The summed E-state index contributed by atoms with van der Waals surface area (Å²) < 4.78 is 11.5. The summed E-state index contributed by atoms with van der Waals surface area (Å²) in [7, 11) is 0. The molecule has 2 heterocycles. The molecule has 14 heavy (non-hydrogen) atoms. The molecule has 3 rings (SSSR count). The molecule has 2 atom stereocenters. The van der Waals surface area contributed by atoms with Gasteiger partial charge in [0.15, 0.2) is 0 Å². The van der Waals surface area contributed by atoms with Crippen LogP contribution in [0.25, 0.3) is 0 Å². The van der Waals surface area contributed by atoms with Crippen molar-refractivity contribution in [1.29, 1.82) is 0 Å². The zero-order chi connectivity index (χ0) is 9.43. The number of morpholine rings is 1. The smallest absolute Gasteiger partial charge is 0.109 e. The number of rotatable bonds is 2. The van der Waals surface area contributed by atoms with Crippen LogP contribution >= 0.6 is 0 Å². The van der Waals surface area contributed by atoms with Crippen LogP contribution in [0.4, 0.5) is 0 Å². The van der Waals surface area contributed by atoms with Gasteiger partial charge in [-0.1, -0.05) is 12.8 Å². The van der Waals surface area contributed by atoms with Crippen molar-refractivity contribution in [1.82, 2.24) is 5.32 Å². The molecular formula is C11H19NO2. The van der Waals surface area contributed by atoms with E-state index in [1.54, 1.807) is 0 Å². The van der Waals surface area contributed by atoms with Crippen LogP contribution in [-0.4, -0.2) is 38.0 Å². The molecule has 3 aliphatic rings. The van der Waals surface area contributed by atoms with Crippen molar-refractivity contribution in [2.24, 2.45) is 5.92 Å². The molecule has 0 radical (unpaired) electrons. The standard InChI is InChI=1S/C11H19NO2/c1-2-9(1)7-10-11(3-5-13-8-11)14-6-4-12-10/h9-10,12H,1-8H2. The second kappa shape index (κ2) is 3.47. The lowest BCUT2D eigenvalue weighted by molar-refractivity contribution is -0.100. The van der Waals surface area contributed by atoms with Crippen LogP contribution in [0.5, 0.6) is 0 Å². The van der Waals surface area contributed by atoms with E-state index < -0.39 is 0 Å². The summed E-state index contributed by atoms with van der Waals surface area (Å²) in [6, 6.07) is 0.547. The summed E-state index contributed by atoms with van der Waals surface area (Å²) in [6.07, 6.45) is 5.23. The Morgan fingerprint density at radius 3 is 2.93 bits per heavy atom. The van der Waals surface area contributed by atoms with Gasteiger partial charge in [-0.25, -0.2) is 0 Å². The third-order valence-electron chi connectivity index (χ3n) is 3.80. The Kier molecular flexibility index (Phi) is 2.26. The first-order chi connectivity index (χ1) is 6.89. The van der Waals surface area contributed by atoms with Crippen LogP contribution in [-0.2, 0) is 9.47 Å². The van der Waals surface area contributed by atoms with Crippen molar-refractivity contribution in [3.05, 3.63) is 0 Å². The average molecular weight is 197 g/mol. The molecule has 2 saturated heterocycles. The molecular weight excluding hydrogens is 178 g/mol. The van der Waals surface area contributed by atoms with Gasteiger partial charge in [-0.05, 0) is 12.3 Å². The first kappa shape index (κ1) is 9.13. The number of hydrogen-bond acceptors (Lipinski definition) is 3. The molecule has 0 aromatic rings. The molecule has 2 aliphatic heterocycles. The second-order valence-electron chi connectivity index (χ2n) is 4.90. The highest BCUT2D eigenvalue weighted by Gasteiger charge is 2.46. The first-order valence-electron chi connectivity index (χ1n) is 5.84. The van der Waals surface area contributed by atoms with E-state index in [0.29, 0.717) is 6.04 Å². The fraction of sp³-hybridized carbons (Fsp3) is 1.00. The van der Waals surface area contributed by atoms with Crippen molar-refractivity contribution < 1.29 is 9.47 Å². The van der Waals surface area contributed by atoms with Crippen LogP contribution in [0.3, 0.4) is 0 Å². The van der Waals surface area contributed by atoms with E-state index in [2.05, 4.69) is 5.32 Å². The third-order valence-corrected chi connectivity index (χ3v) is 3.80. The highest BCUT2D eigenvalue weighted by Crippen LogP contribution is 2.39. The second-order valence-corrected chi connectivity index (χ2v) is 4.90. The van der Waals surface area contributed by atoms with Gasteiger partial charge in [0.05, 0.1) is 13.2 Å². The Morgan fingerprint density at radius 2 is 2.21 bits per heavy atom. The van der Waals surface area contributed by atoms with E-state index in [1.807, 2.05) is 0 Å². The predicted octanol–water partition coefficient (Wildman–Crippen LogP) is 0.934. The zero-order valence-electron chi connectivity index (χ0n) is 8.63. The van der Waals surface area contributed by atoms with Crippen LogP contribution in [0.15, 0.2) is 0 Å². The molecule has 0 amide bonds. The van der Waals surface area contributed by atoms with Gasteiger partial charge in [-0.2, -0.15) is 0 Å². The van der Waals surface area contributed by atoms with E-state index >= 15 is 0 Å². The van der Waals surface area contributed by atoms with Gasteiger partial charge in [0, 0.05) is 25.6 Å². The van der Waals surface area contributed by atoms with Crippen LogP contribution in [0.2, 0.25) is 0 Å². The molecule has 1 spiro atoms. The van der Waals surface area contributed by atoms with Crippen molar-refractivity contribution in [2.45, 2.75) is 37.3 Å².